The highest BCUT2D eigenvalue weighted by Crippen LogP contribution is 2.17. The predicted octanol–water partition coefficient (Wildman–Crippen LogP) is 1.76. The summed E-state index contributed by atoms with van der Waals surface area (Å²) < 4.78 is 5.45. The lowest BCUT2D eigenvalue weighted by Crippen LogP contribution is -2.32. The van der Waals surface area contributed by atoms with Gasteiger partial charge in [-0.25, -0.2) is 9.78 Å². The Morgan fingerprint density at radius 1 is 1.65 bits per heavy atom. The van der Waals surface area contributed by atoms with Crippen LogP contribution in [0.25, 0.3) is 0 Å². The van der Waals surface area contributed by atoms with Gasteiger partial charge in [-0.3, -0.25) is 0 Å². The summed E-state index contributed by atoms with van der Waals surface area (Å²) in [4.78, 5) is 14.9. The van der Waals surface area contributed by atoms with Gasteiger partial charge in [0, 0.05) is 18.8 Å². The highest BCUT2D eigenvalue weighted by atomic mass is 16.5. The molecular weight excluding hydrogens is 220 g/mol. The van der Waals surface area contributed by atoms with E-state index in [0.29, 0.717) is 11.9 Å². The van der Waals surface area contributed by atoms with Gasteiger partial charge in [0.15, 0.2) is 0 Å². The second-order valence-corrected chi connectivity index (χ2v) is 4.28. The Balaban J connectivity index is 2.02. The van der Waals surface area contributed by atoms with Crippen molar-refractivity contribution >= 4 is 11.8 Å². The number of rotatable bonds is 3. The van der Waals surface area contributed by atoms with Crippen LogP contribution in [0.15, 0.2) is 18.3 Å². The number of nitrogens with zero attached hydrogens (tertiary/aromatic N) is 1. The van der Waals surface area contributed by atoms with E-state index in [1.807, 2.05) is 6.92 Å². The first-order valence-electron chi connectivity index (χ1n) is 5.72. The highest BCUT2D eigenvalue weighted by Gasteiger charge is 2.19. The fourth-order valence-electron chi connectivity index (χ4n) is 1.98. The van der Waals surface area contributed by atoms with E-state index in [4.69, 9.17) is 9.84 Å². The molecule has 2 unspecified atom stereocenters. The normalized spacial score (nSPS) is 24.3. The minimum absolute atomic E-state index is 0.240. The summed E-state index contributed by atoms with van der Waals surface area (Å²) in [5.41, 5.74) is 0.252. The van der Waals surface area contributed by atoms with Gasteiger partial charge < -0.3 is 15.2 Å². The number of hydrogen-bond donors (Lipinski definition) is 2. The van der Waals surface area contributed by atoms with Crippen LogP contribution in [0.5, 0.6) is 0 Å². The molecule has 0 bridgehead atoms. The molecule has 1 aromatic rings. The number of carboxylic acid groups (broad SMARTS) is 1. The summed E-state index contributed by atoms with van der Waals surface area (Å²) in [6.07, 6.45) is 3.58. The summed E-state index contributed by atoms with van der Waals surface area (Å²) in [6, 6.07) is 3.35. The Labute approximate surface area is 99.8 Å². The Bertz CT molecular complexity index is 408. The molecule has 0 aliphatic carbocycles. The van der Waals surface area contributed by atoms with Gasteiger partial charge in [-0.15, -0.1) is 0 Å². The fraction of sp³-hybridized carbons (Fsp3) is 0.500. The van der Waals surface area contributed by atoms with Crippen LogP contribution >= 0.6 is 0 Å². The maximum atomic E-state index is 10.8. The van der Waals surface area contributed by atoms with E-state index in [-0.39, 0.29) is 11.7 Å². The van der Waals surface area contributed by atoms with Crippen molar-refractivity contribution < 1.29 is 14.6 Å². The molecule has 1 aromatic heterocycles. The van der Waals surface area contributed by atoms with Crippen molar-refractivity contribution in [3.63, 3.8) is 0 Å². The van der Waals surface area contributed by atoms with E-state index in [9.17, 15) is 4.79 Å². The van der Waals surface area contributed by atoms with Gasteiger partial charge in [0.05, 0.1) is 11.7 Å². The number of aromatic nitrogens is 1. The van der Waals surface area contributed by atoms with Gasteiger partial charge in [-0.2, -0.15) is 0 Å². The van der Waals surface area contributed by atoms with Crippen LogP contribution in [0.2, 0.25) is 0 Å². The molecule has 0 amide bonds. The fourth-order valence-corrected chi connectivity index (χ4v) is 1.98. The molecule has 17 heavy (non-hydrogen) atoms. The zero-order valence-corrected chi connectivity index (χ0v) is 9.72. The molecule has 1 saturated heterocycles. The van der Waals surface area contributed by atoms with Gasteiger partial charge >= 0.3 is 5.97 Å². The Hall–Kier alpha value is -1.62. The number of hydrogen-bond acceptors (Lipinski definition) is 4. The maximum Gasteiger partial charge on any atom is 0.335 e. The van der Waals surface area contributed by atoms with Crippen molar-refractivity contribution in [3.05, 3.63) is 23.9 Å². The molecule has 92 valence electrons. The van der Waals surface area contributed by atoms with E-state index in [1.54, 1.807) is 6.07 Å². The molecule has 2 rings (SSSR count). The smallest absolute Gasteiger partial charge is 0.335 e. The van der Waals surface area contributed by atoms with Crippen LogP contribution in [0.1, 0.15) is 30.1 Å². The van der Waals surface area contributed by atoms with Crippen molar-refractivity contribution in [2.75, 3.05) is 11.9 Å². The lowest BCUT2D eigenvalue weighted by Gasteiger charge is -2.28. The molecule has 5 nitrogen and oxygen atoms in total. The Morgan fingerprint density at radius 3 is 3.18 bits per heavy atom. The standard InChI is InChI=1S/C12H16N2O3/c1-8-6-10(3-5-17-8)14-11-7-9(12(15)16)2-4-13-11/h2,4,7-8,10H,3,5-6H2,1H3,(H,13,14)(H,15,16). The lowest BCUT2D eigenvalue weighted by atomic mass is 10.0. The van der Waals surface area contributed by atoms with Crippen LogP contribution in [-0.2, 0) is 4.74 Å². The van der Waals surface area contributed by atoms with Crippen molar-refractivity contribution in [2.24, 2.45) is 0 Å². The van der Waals surface area contributed by atoms with Crippen LogP contribution in [0.4, 0.5) is 5.82 Å². The molecule has 0 spiro atoms. The summed E-state index contributed by atoms with van der Waals surface area (Å²) >= 11 is 0. The van der Waals surface area contributed by atoms with Crippen molar-refractivity contribution in [1.82, 2.24) is 4.98 Å². The second kappa shape index (κ2) is 5.14. The predicted molar refractivity (Wildman–Crippen MR) is 63.3 cm³/mol. The largest absolute Gasteiger partial charge is 0.478 e. The molecule has 0 aromatic carbocycles. The van der Waals surface area contributed by atoms with Crippen LogP contribution < -0.4 is 5.32 Å². The zero-order valence-electron chi connectivity index (χ0n) is 9.72. The molecule has 2 N–H and O–H groups in total. The van der Waals surface area contributed by atoms with Gasteiger partial charge in [0.25, 0.3) is 0 Å². The zero-order chi connectivity index (χ0) is 12.3. The van der Waals surface area contributed by atoms with Gasteiger partial charge in [0.2, 0.25) is 0 Å². The third-order valence-corrected chi connectivity index (χ3v) is 2.84. The number of ether oxygens (including phenoxy) is 1. The van der Waals surface area contributed by atoms with Gasteiger partial charge in [-0.05, 0) is 31.9 Å². The van der Waals surface area contributed by atoms with Crippen LogP contribution in [-0.4, -0.2) is 34.8 Å². The Kier molecular flexibility index (Phi) is 3.58. The van der Waals surface area contributed by atoms with Crippen LogP contribution in [0.3, 0.4) is 0 Å². The first-order chi connectivity index (χ1) is 8.15. The molecule has 0 saturated carbocycles. The first kappa shape index (κ1) is 11.9. The number of nitrogens with one attached hydrogen (secondary N) is 1. The summed E-state index contributed by atoms with van der Waals surface area (Å²) in [5.74, 6) is -0.320. The summed E-state index contributed by atoms with van der Waals surface area (Å²) in [6.45, 7) is 2.77. The number of pyridine rings is 1. The minimum Gasteiger partial charge on any atom is -0.478 e. The van der Waals surface area contributed by atoms with E-state index < -0.39 is 5.97 Å². The summed E-state index contributed by atoms with van der Waals surface area (Å²) in [7, 11) is 0. The number of anilines is 1. The molecule has 1 aliphatic rings. The molecule has 0 radical (unpaired) electrons. The summed E-state index contributed by atoms with van der Waals surface area (Å²) in [5, 5.41) is 12.1. The van der Waals surface area contributed by atoms with E-state index in [0.717, 1.165) is 19.4 Å². The average molecular weight is 236 g/mol. The maximum absolute atomic E-state index is 10.8. The average Bonchev–Trinajstić information content (AvgIpc) is 2.29. The van der Waals surface area contributed by atoms with Gasteiger partial charge in [0.1, 0.15) is 5.82 Å². The highest BCUT2D eigenvalue weighted by molar-refractivity contribution is 5.88. The third kappa shape index (κ3) is 3.17. The van der Waals surface area contributed by atoms with E-state index in [1.165, 1.54) is 12.3 Å². The van der Waals surface area contributed by atoms with E-state index >= 15 is 0 Å². The quantitative estimate of drug-likeness (QED) is 0.836. The SMILES string of the molecule is CC1CC(Nc2cc(C(=O)O)ccn2)CCO1. The van der Waals surface area contributed by atoms with Crippen LogP contribution in [0, 0.1) is 0 Å². The molecule has 1 aliphatic heterocycles. The number of carboxylic acids is 1. The first-order valence-corrected chi connectivity index (χ1v) is 5.72. The molecule has 1 fully saturated rings. The van der Waals surface area contributed by atoms with Crippen molar-refractivity contribution in [3.8, 4) is 0 Å². The Morgan fingerprint density at radius 2 is 2.47 bits per heavy atom. The molecular formula is C12H16N2O3. The molecule has 2 atom stereocenters. The number of aromatic carboxylic acids is 1. The lowest BCUT2D eigenvalue weighted by molar-refractivity contribution is 0.0231. The number of carbonyl (C=O) groups is 1. The third-order valence-electron chi connectivity index (χ3n) is 2.84. The monoisotopic (exact) mass is 236 g/mol. The minimum atomic E-state index is -0.934. The van der Waals surface area contributed by atoms with Crippen molar-refractivity contribution in [2.45, 2.75) is 31.9 Å². The van der Waals surface area contributed by atoms with E-state index in [2.05, 4.69) is 10.3 Å². The topological polar surface area (TPSA) is 71.5 Å². The van der Waals surface area contributed by atoms with Gasteiger partial charge in [-0.1, -0.05) is 0 Å². The molecule has 5 heteroatoms. The second-order valence-electron chi connectivity index (χ2n) is 4.28. The van der Waals surface area contributed by atoms with Crippen molar-refractivity contribution in [1.29, 1.82) is 0 Å². The molecule has 2 heterocycles.